The maximum atomic E-state index is 14.5. The van der Waals surface area contributed by atoms with Gasteiger partial charge in [0.15, 0.2) is 0 Å². The normalized spacial score (nSPS) is 17.4. The zero-order valence-corrected chi connectivity index (χ0v) is 61.5. The third-order valence-corrected chi connectivity index (χ3v) is 17.8. The highest BCUT2D eigenvalue weighted by atomic mass is 35.5. The molecular weight excluding hydrogens is 1490 g/mol. The van der Waals surface area contributed by atoms with Crippen molar-refractivity contribution in [2.75, 3.05) is 151 Å². The first-order valence-corrected chi connectivity index (χ1v) is 35.6. The Morgan fingerprint density at radius 2 is 1.04 bits per heavy atom. The first kappa shape index (κ1) is 85.2. The van der Waals surface area contributed by atoms with E-state index >= 15 is 0 Å². The Bertz CT molecular complexity index is 3930. The number of benzene rings is 1. The minimum absolute atomic E-state index is 0.00842. The predicted molar refractivity (Wildman–Crippen MR) is 381 cm³/mol. The van der Waals surface area contributed by atoms with Gasteiger partial charge in [-0.2, -0.15) is 5.26 Å². The Labute approximate surface area is 638 Å². The molecule has 0 radical (unpaired) electrons. The van der Waals surface area contributed by atoms with Crippen LogP contribution in [0.15, 0.2) is 55.1 Å². The van der Waals surface area contributed by atoms with Crippen LogP contribution in [-0.4, -0.2) is 309 Å². The number of hydrogen-bond acceptors (Lipinski definition) is 24. The molecule has 7 heterocycles. The molecule has 3 atom stereocenters. The average molecular weight is 1580 g/mol. The molecular formula is C68H84Cl2F3N21O16. The Morgan fingerprint density at radius 3 is 1.50 bits per heavy atom. The maximum Gasteiger partial charge on any atom is 0.317 e. The number of rotatable bonds is 40. The maximum absolute atomic E-state index is 14.5. The van der Waals surface area contributed by atoms with E-state index in [1.807, 2.05) is 4.90 Å². The Morgan fingerprint density at radius 1 is 0.582 bits per heavy atom. The summed E-state index contributed by atoms with van der Waals surface area (Å²) in [5, 5.41) is 61.0. The van der Waals surface area contributed by atoms with Gasteiger partial charge in [0.2, 0.25) is 29.5 Å². The molecule has 8 amide bonds. The second-order valence-corrected chi connectivity index (χ2v) is 26.7. The van der Waals surface area contributed by atoms with Gasteiger partial charge in [-0.05, 0) is 37.3 Å². The van der Waals surface area contributed by atoms with Gasteiger partial charge < -0.3 is 66.0 Å². The van der Waals surface area contributed by atoms with E-state index in [2.05, 4.69) is 67.3 Å². The van der Waals surface area contributed by atoms with Crippen LogP contribution < -0.4 is 31.9 Å². The summed E-state index contributed by atoms with van der Waals surface area (Å²) >= 11 is 12.4. The molecule has 0 spiro atoms. The molecule has 3 saturated heterocycles. The highest BCUT2D eigenvalue weighted by molar-refractivity contribution is 6.34. The number of aliphatic carboxylic acids is 2. The molecule has 3 fully saturated rings. The summed E-state index contributed by atoms with van der Waals surface area (Å²) in [5.74, 6) is -9.93. The topological polar surface area (TPSA) is 452 Å². The summed E-state index contributed by atoms with van der Waals surface area (Å²) in [6.07, 6.45) is 3.76. The summed E-state index contributed by atoms with van der Waals surface area (Å²) in [4.78, 5) is 145. The number of carbonyl (C=O) groups is 10. The van der Waals surface area contributed by atoms with Gasteiger partial charge in [0.1, 0.15) is 23.1 Å². The van der Waals surface area contributed by atoms with Crippen LogP contribution in [0.25, 0.3) is 27.4 Å². The van der Waals surface area contributed by atoms with Crippen molar-refractivity contribution in [3.63, 3.8) is 0 Å². The molecule has 37 nitrogen and oxygen atoms in total. The number of halogens is 5. The van der Waals surface area contributed by atoms with E-state index in [0.717, 1.165) is 4.90 Å². The number of carboxylic acids is 2. The lowest BCUT2D eigenvalue weighted by Gasteiger charge is -2.24. The van der Waals surface area contributed by atoms with Crippen LogP contribution in [-0.2, 0) is 78.7 Å². The van der Waals surface area contributed by atoms with E-state index in [0.29, 0.717) is 72.4 Å². The van der Waals surface area contributed by atoms with E-state index in [1.54, 1.807) is 51.1 Å². The van der Waals surface area contributed by atoms with Gasteiger partial charge in [0.25, 0.3) is 23.6 Å². The highest BCUT2D eigenvalue weighted by Crippen LogP contribution is 2.33. The predicted octanol–water partition coefficient (Wildman–Crippen LogP) is 0.140. The molecule has 0 aliphatic carbocycles. The number of nitrogens with zero attached hydrogens (tertiary/aromatic N) is 15. The van der Waals surface area contributed by atoms with E-state index in [4.69, 9.17) is 48.7 Å². The minimum Gasteiger partial charge on any atom is -0.480 e. The van der Waals surface area contributed by atoms with Gasteiger partial charge in [-0.15, -0.1) is 10.2 Å². The lowest BCUT2D eigenvalue weighted by molar-refractivity contribution is -0.140. The van der Waals surface area contributed by atoms with Gasteiger partial charge >= 0.3 is 18.1 Å². The number of likely N-dealkylation sites (tertiary alicyclic amines) is 2. The fourth-order valence-corrected chi connectivity index (χ4v) is 11.9. The van der Waals surface area contributed by atoms with Crippen molar-refractivity contribution in [1.29, 1.82) is 5.26 Å². The number of pyridine rings is 2. The molecule has 8 rings (SSSR count). The molecule has 3 aliphatic heterocycles. The third kappa shape index (κ3) is 27.6. The van der Waals surface area contributed by atoms with E-state index in [-0.39, 0.29) is 182 Å². The summed E-state index contributed by atoms with van der Waals surface area (Å²) < 4.78 is 68.0. The van der Waals surface area contributed by atoms with Crippen molar-refractivity contribution >= 4 is 82.4 Å². The van der Waals surface area contributed by atoms with E-state index in [9.17, 15) is 76.6 Å². The average Bonchev–Trinajstić information content (AvgIpc) is 1.61. The largest absolute Gasteiger partial charge is 0.480 e. The number of alkyl halides is 3. The van der Waals surface area contributed by atoms with Crippen molar-refractivity contribution in [1.82, 2.24) is 96.4 Å². The van der Waals surface area contributed by atoms with Gasteiger partial charge in [-0.3, -0.25) is 82.4 Å². The zero-order valence-electron chi connectivity index (χ0n) is 60.0. The molecule has 1 unspecified atom stereocenters. The minimum atomic E-state index is -3.23. The van der Waals surface area contributed by atoms with Crippen LogP contribution in [0.5, 0.6) is 0 Å². The van der Waals surface area contributed by atoms with Crippen LogP contribution in [0, 0.1) is 17.9 Å². The molecule has 42 heteroatoms. The third-order valence-electron chi connectivity index (χ3n) is 17.2. The Kier molecular flexibility index (Phi) is 32.5. The smallest absolute Gasteiger partial charge is 0.317 e. The van der Waals surface area contributed by atoms with Crippen molar-refractivity contribution in [3.05, 3.63) is 105 Å². The lowest BCUT2D eigenvalue weighted by atomic mass is 10.0. The summed E-state index contributed by atoms with van der Waals surface area (Å²) in [5.41, 5.74) is 0.676. The van der Waals surface area contributed by atoms with Gasteiger partial charge in [-0.25, -0.2) is 29.1 Å². The van der Waals surface area contributed by atoms with Crippen LogP contribution in [0.2, 0.25) is 10.0 Å². The van der Waals surface area contributed by atoms with Crippen LogP contribution in [0.4, 0.5) is 13.2 Å². The number of aromatic nitrogens is 8. The quantitative estimate of drug-likeness (QED) is 0.0191. The number of nitrogens with one attached hydrogen (secondary N) is 6. The number of nitriles is 1. The van der Waals surface area contributed by atoms with E-state index < -0.39 is 97.2 Å². The van der Waals surface area contributed by atoms with Crippen LogP contribution >= 0.6 is 23.2 Å². The van der Waals surface area contributed by atoms with Crippen molar-refractivity contribution < 1.29 is 90.3 Å². The van der Waals surface area contributed by atoms with Crippen LogP contribution in [0.3, 0.4) is 0 Å². The molecule has 0 saturated carbocycles. The van der Waals surface area contributed by atoms with Gasteiger partial charge in [0.05, 0.1) is 182 Å². The zero-order chi connectivity index (χ0) is 79.3. The van der Waals surface area contributed by atoms with Crippen molar-refractivity contribution in [2.45, 2.75) is 82.6 Å². The molecule has 3 aliphatic rings. The molecule has 8 N–H and O–H groups in total. The highest BCUT2D eigenvalue weighted by Gasteiger charge is 2.48. The second-order valence-electron chi connectivity index (χ2n) is 25.9. The summed E-state index contributed by atoms with van der Waals surface area (Å²) in [7, 11) is 0. The van der Waals surface area contributed by atoms with Crippen molar-refractivity contribution in [2.24, 2.45) is 0 Å². The number of amides is 8. The molecule has 110 heavy (non-hydrogen) atoms. The standard InChI is InChI=1S/C68H84Cl2F3N21O16/c1-67(71)29-56(75-2)94(42-67)61(99)36-83-66(106)51-27-48(79-34-53(51)70)32-81-58(96)4-16-108-20-22-110-18-14-92-38-55(85-87-92)45-23-44(24-46(25-45)64(104)77-6-5-76-59(97)39-88-7-9-89(40-62(100)101)11-12-90(10-8-88)41-63(102)103)54-37-91(86-84-54)13-17-109-21-19-107-15-3-57(95)80-31-47-26-50(52(69)33-78-47)65(105)82-35-60(98)93-43-68(72,73)28-49(93)30-74/h23-27,33-34,37-38,49,56H,3-22,28-29,31-32,35-36,39-43H2,1H3,(H,76,97)(H,77,104)(H,80,95)(H,81,96)(H,82,105)(H,83,106)(H,100,101)(H,102,103)/t49-,56+,67?/m1/s1. The summed E-state index contributed by atoms with van der Waals surface area (Å²) in [6.45, 7) is 9.25. The number of ether oxygens (including phenoxy) is 4. The van der Waals surface area contributed by atoms with Gasteiger partial charge in [-0.1, -0.05) is 33.6 Å². The first-order valence-electron chi connectivity index (χ1n) is 34.9. The Hall–Kier alpha value is -10.4. The SMILES string of the molecule is [C-]#[N+][C@@H]1CC(C)(F)CN1C(=O)CNC(=O)c1cc(CNC(=O)CCOCCOCCn2cc(-c3cc(C(=O)NCCNC(=O)CN4CCN(CC(=O)O)CCN(CC(=O)O)CC4)cc(-c4cn(CCOCCOCCC(=O)NCc5cc(C(=O)NCC(=O)N6CC(F)(F)C[C@@H]6C#N)c(Cl)cn5)nn4)c3)nn2)ncc1Cl. The fourth-order valence-electron chi connectivity index (χ4n) is 11.5. The van der Waals surface area contributed by atoms with Crippen molar-refractivity contribution in [3.8, 4) is 28.6 Å². The molecule has 1 aromatic carbocycles. The molecule has 4 aromatic heterocycles. The number of carbonyl (C=O) groups excluding carboxylic acids is 8. The first-order chi connectivity index (χ1) is 52.6. The van der Waals surface area contributed by atoms with E-state index in [1.165, 1.54) is 36.1 Å². The summed E-state index contributed by atoms with van der Waals surface area (Å²) in [6, 6.07) is 7.98. The van der Waals surface area contributed by atoms with Gasteiger partial charge in [0, 0.05) is 101 Å². The second kappa shape index (κ2) is 41.9. The number of carboxylic acid groups (broad SMARTS) is 2. The number of hydrogen-bond donors (Lipinski definition) is 8. The van der Waals surface area contributed by atoms with Crippen LogP contribution in [0.1, 0.15) is 75.1 Å². The Balaban J connectivity index is 0.771. The lowest BCUT2D eigenvalue weighted by Crippen LogP contribution is -2.44. The fraction of sp³-hybridized carbons (Fsp3) is 0.529. The molecule has 592 valence electrons. The molecule has 5 aromatic rings. The molecule has 0 bridgehead atoms. The monoisotopic (exact) mass is 1580 g/mol.